The Morgan fingerprint density at radius 3 is 2.85 bits per heavy atom. The molecule has 1 atom stereocenters. The van der Waals surface area contributed by atoms with Crippen molar-refractivity contribution in [3.63, 3.8) is 0 Å². The molecule has 0 spiro atoms. The Morgan fingerprint density at radius 1 is 1.62 bits per heavy atom. The summed E-state index contributed by atoms with van der Waals surface area (Å²) in [5.41, 5.74) is 0.188. The van der Waals surface area contributed by atoms with Gasteiger partial charge in [-0.25, -0.2) is 9.18 Å². The predicted octanol–water partition coefficient (Wildman–Crippen LogP) is 2.46. The van der Waals surface area contributed by atoms with Crippen molar-refractivity contribution in [3.05, 3.63) is 28.2 Å². The molecule has 0 radical (unpaired) electrons. The number of hydrogen-bond donors (Lipinski definition) is 1. The molecular formula is C8H5BrFNO2. The van der Waals surface area contributed by atoms with Crippen LogP contribution in [0.25, 0.3) is 0 Å². The smallest absolute Gasteiger partial charge is 0.238 e. The normalized spacial score (nSPS) is 11.8. The van der Waals surface area contributed by atoms with Crippen LogP contribution in [-0.2, 0) is 4.79 Å². The molecule has 3 nitrogen and oxygen atoms in total. The Bertz CT molecular complexity index is 363. The maximum absolute atomic E-state index is 12.9. The topological polar surface area (TPSA) is 49.7 Å². The highest BCUT2D eigenvalue weighted by molar-refractivity contribution is 9.10. The molecule has 0 aliphatic carbocycles. The highest BCUT2D eigenvalue weighted by atomic mass is 79.9. The fourth-order valence-electron chi connectivity index (χ4n) is 0.792. The molecule has 68 valence electrons. The van der Waals surface area contributed by atoms with Crippen LogP contribution >= 0.6 is 15.9 Å². The third kappa shape index (κ3) is 2.37. The standard InChI is InChI=1S/C8H5BrFNO2/c9-6-3-5(1-2-7(6)13)8(10)11-4-12/h1-3,8,13H. The van der Waals surface area contributed by atoms with E-state index in [4.69, 9.17) is 5.11 Å². The van der Waals surface area contributed by atoms with E-state index in [1.54, 1.807) is 0 Å². The molecule has 1 unspecified atom stereocenters. The minimum atomic E-state index is -1.73. The lowest BCUT2D eigenvalue weighted by atomic mass is 10.2. The van der Waals surface area contributed by atoms with Crippen molar-refractivity contribution in [2.24, 2.45) is 4.99 Å². The highest BCUT2D eigenvalue weighted by Gasteiger charge is 2.09. The van der Waals surface area contributed by atoms with Crippen molar-refractivity contribution in [1.82, 2.24) is 0 Å². The molecule has 1 aromatic rings. The average Bonchev–Trinajstić information content (AvgIpc) is 2.10. The van der Waals surface area contributed by atoms with E-state index in [2.05, 4.69) is 20.9 Å². The number of carbonyl (C=O) groups excluding carboxylic acids is 1. The molecule has 1 rings (SSSR count). The van der Waals surface area contributed by atoms with Crippen LogP contribution in [0, 0.1) is 0 Å². The summed E-state index contributed by atoms with van der Waals surface area (Å²) < 4.78 is 13.3. The first-order chi connectivity index (χ1) is 6.15. The number of phenols is 1. The summed E-state index contributed by atoms with van der Waals surface area (Å²) in [6.45, 7) is 0. The van der Waals surface area contributed by atoms with Gasteiger partial charge in [-0.1, -0.05) is 6.07 Å². The van der Waals surface area contributed by atoms with Crippen molar-refractivity contribution in [1.29, 1.82) is 0 Å². The van der Waals surface area contributed by atoms with Gasteiger partial charge >= 0.3 is 0 Å². The maximum atomic E-state index is 12.9. The summed E-state index contributed by atoms with van der Waals surface area (Å²) in [7, 11) is 0. The second-order valence-electron chi connectivity index (χ2n) is 2.27. The number of nitrogens with zero attached hydrogens (tertiary/aromatic N) is 1. The molecule has 0 saturated carbocycles. The lowest BCUT2D eigenvalue weighted by molar-refractivity contribution is 0.356. The number of benzene rings is 1. The number of aliphatic imine (C=N–C) groups is 1. The van der Waals surface area contributed by atoms with E-state index in [-0.39, 0.29) is 11.3 Å². The number of rotatable bonds is 2. The van der Waals surface area contributed by atoms with Gasteiger partial charge in [-0.15, -0.1) is 0 Å². The van der Waals surface area contributed by atoms with Crippen molar-refractivity contribution >= 4 is 22.0 Å². The zero-order valence-electron chi connectivity index (χ0n) is 6.37. The molecular weight excluding hydrogens is 241 g/mol. The Labute approximate surface area is 82.0 Å². The van der Waals surface area contributed by atoms with E-state index in [0.29, 0.717) is 4.47 Å². The fraction of sp³-hybridized carbons (Fsp3) is 0.125. The number of halogens is 2. The van der Waals surface area contributed by atoms with E-state index in [9.17, 15) is 9.18 Å². The van der Waals surface area contributed by atoms with Crippen LogP contribution < -0.4 is 0 Å². The lowest BCUT2D eigenvalue weighted by Crippen LogP contribution is -1.86. The Hall–Kier alpha value is -1.19. The van der Waals surface area contributed by atoms with Crippen LogP contribution in [-0.4, -0.2) is 11.2 Å². The maximum Gasteiger partial charge on any atom is 0.238 e. The van der Waals surface area contributed by atoms with E-state index in [0.717, 1.165) is 6.08 Å². The molecule has 0 amide bonds. The first-order valence-electron chi connectivity index (χ1n) is 3.34. The number of hydrogen-bond acceptors (Lipinski definition) is 3. The van der Waals surface area contributed by atoms with Gasteiger partial charge in [-0.2, -0.15) is 4.99 Å². The summed E-state index contributed by atoms with van der Waals surface area (Å²) in [6.07, 6.45) is -0.605. The second-order valence-corrected chi connectivity index (χ2v) is 3.12. The second kappa shape index (κ2) is 4.16. The number of isocyanates is 1. The number of phenolic OH excluding ortho intramolecular Hbond substituents is 1. The Morgan fingerprint density at radius 2 is 2.31 bits per heavy atom. The van der Waals surface area contributed by atoms with Gasteiger partial charge in [-0.05, 0) is 28.1 Å². The monoisotopic (exact) mass is 245 g/mol. The van der Waals surface area contributed by atoms with Crippen molar-refractivity contribution in [3.8, 4) is 5.75 Å². The van der Waals surface area contributed by atoms with Crippen LogP contribution in [0.5, 0.6) is 5.75 Å². The first-order valence-corrected chi connectivity index (χ1v) is 4.14. The molecule has 0 heterocycles. The predicted molar refractivity (Wildman–Crippen MR) is 47.8 cm³/mol. The van der Waals surface area contributed by atoms with Crippen LogP contribution in [0.4, 0.5) is 4.39 Å². The van der Waals surface area contributed by atoms with Gasteiger partial charge in [0.2, 0.25) is 12.4 Å². The van der Waals surface area contributed by atoms with Gasteiger partial charge in [0, 0.05) is 5.56 Å². The summed E-state index contributed by atoms with van der Waals surface area (Å²) >= 11 is 3.01. The van der Waals surface area contributed by atoms with E-state index >= 15 is 0 Å². The van der Waals surface area contributed by atoms with Gasteiger partial charge in [0.15, 0.2) is 0 Å². The minimum absolute atomic E-state index is 0.00559. The quantitative estimate of drug-likeness (QED) is 0.495. The molecule has 13 heavy (non-hydrogen) atoms. The molecule has 0 aromatic heterocycles. The van der Waals surface area contributed by atoms with Crippen LogP contribution in [0.3, 0.4) is 0 Å². The van der Waals surface area contributed by atoms with Gasteiger partial charge in [0.1, 0.15) is 5.75 Å². The van der Waals surface area contributed by atoms with Gasteiger partial charge in [-0.3, -0.25) is 0 Å². The molecule has 1 aromatic carbocycles. The zero-order chi connectivity index (χ0) is 9.84. The average molecular weight is 246 g/mol. The first kappa shape index (κ1) is 9.89. The zero-order valence-corrected chi connectivity index (χ0v) is 7.95. The SMILES string of the molecule is O=C=NC(F)c1ccc(O)c(Br)c1. The van der Waals surface area contributed by atoms with Crippen LogP contribution in [0.15, 0.2) is 27.7 Å². The van der Waals surface area contributed by atoms with Gasteiger partial charge in [0.05, 0.1) is 4.47 Å². The summed E-state index contributed by atoms with van der Waals surface area (Å²) in [5, 5.41) is 9.08. The molecule has 1 N–H and O–H groups in total. The third-order valence-corrected chi connectivity index (χ3v) is 2.05. The number of aromatic hydroxyl groups is 1. The molecule has 0 aliphatic heterocycles. The number of alkyl halides is 1. The Balaban J connectivity index is 3.03. The largest absolute Gasteiger partial charge is 0.507 e. The molecule has 0 saturated heterocycles. The molecule has 0 aliphatic rings. The third-order valence-electron chi connectivity index (χ3n) is 1.41. The van der Waals surface area contributed by atoms with E-state index < -0.39 is 6.30 Å². The van der Waals surface area contributed by atoms with E-state index in [1.165, 1.54) is 18.2 Å². The van der Waals surface area contributed by atoms with Crippen LogP contribution in [0.1, 0.15) is 11.9 Å². The molecule has 0 fully saturated rings. The summed E-state index contributed by atoms with van der Waals surface area (Å²) in [6, 6.07) is 4.00. The van der Waals surface area contributed by atoms with Crippen molar-refractivity contribution < 1.29 is 14.3 Å². The van der Waals surface area contributed by atoms with Crippen molar-refractivity contribution in [2.45, 2.75) is 6.30 Å². The summed E-state index contributed by atoms with van der Waals surface area (Å²) in [5.74, 6) is 0.00559. The van der Waals surface area contributed by atoms with Crippen molar-refractivity contribution in [2.75, 3.05) is 0 Å². The van der Waals surface area contributed by atoms with Crippen LogP contribution in [0.2, 0.25) is 0 Å². The summed E-state index contributed by atoms with van der Waals surface area (Å²) in [4.78, 5) is 12.6. The van der Waals surface area contributed by atoms with Gasteiger partial charge in [0.25, 0.3) is 0 Å². The molecule has 0 bridgehead atoms. The van der Waals surface area contributed by atoms with E-state index in [1.807, 2.05) is 0 Å². The fourth-order valence-corrected chi connectivity index (χ4v) is 1.19. The Kier molecular flexibility index (Phi) is 3.17. The van der Waals surface area contributed by atoms with Gasteiger partial charge < -0.3 is 5.11 Å². The highest BCUT2D eigenvalue weighted by Crippen LogP contribution is 2.28. The minimum Gasteiger partial charge on any atom is -0.507 e. The molecule has 5 heteroatoms. The lowest BCUT2D eigenvalue weighted by Gasteiger charge is -2.02.